The van der Waals surface area contributed by atoms with Crippen LogP contribution in [0.5, 0.6) is 0 Å². The molecule has 2 aliphatic rings. The second kappa shape index (κ2) is 9.58. The van der Waals surface area contributed by atoms with Crippen molar-refractivity contribution < 1.29 is 23.1 Å². The number of anilines is 1. The first-order valence-corrected chi connectivity index (χ1v) is 12.7. The van der Waals surface area contributed by atoms with Gasteiger partial charge in [0.2, 0.25) is 11.8 Å². The van der Waals surface area contributed by atoms with E-state index in [1.807, 2.05) is 24.3 Å². The van der Waals surface area contributed by atoms with E-state index >= 15 is 0 Å². The van der Waals surface area contributed by atoms with Crippen molar-refractivity contribution in [2.45, 2.75) is 29.9 Å². The van der Waals surface area contributed by atoms with E-state index in [4.69, 9.17) is 6.42 Å². The summed E-state index contributed by atoms with van der Waals surface area (Å²) in [7, 11) is -1.95. The smallest absolute Gasteiger partial charge is 0.239 e. The molecule has 2 aromatic carbocycles. The Morgan fingerprint density at radius 3 is 2.82 bits per heavy atom. The Morgan fingerprint density at radius 1 is 1.32 bits per heavy atom. The summed E-state index contributed by atoms with van der Waals surface area (Å²) < 4.78 is 24.5. The number of aliphatic hydroxyl groups excluding tert-OH is 1. The van der Waals surface area contributed by atoms with Gasteiger partial charge < -0.3 is 15.3 Å². The summed E-state index contributed by atoms with van der Waals surface area (Å²) in [5.41, 5.74) is 2.42. The highest BCUT2D eigenvalue weighted by Crippen LogP contribution is 2.29. The van der Waals surface area contributed by atoms with Crippen molar-refractivity contribution in [3.05, 3.63) is 59.2 Å². The van der Waals surface area contributed by atoms with Crippen LogP contribution in [0.2, 0.25) is 0 Å². The molecular weight excluding hydrogens is 454 g/mol. The highest BCUT2D eigenvalue weighted by molar-refractivity contribution is 7.92. The fourth-order valence-electron chi connectivity index (χ4n) is 4.48. The molecular formula is C25H27N3O5S. The van der Waals surface area contributed by atoms with Crippen LogP contribution in [0.1, 0.15) is 29.2 Å². The Bertz CT molecular complexity index is 1270. The van der Waals surface area contributed by atoms with Crippen LogP contribution in [-0.2, 0) is 25.8 Å². The van der Waals surface area contributed by atoms with Gasteiger partial charge in [0, 0.05) is 32.2 Å². The molecule has 9 heteroatoms. The number of amides is 2. The fraction of sp³-hybridized carbons (Fsp3) is 0.360. The van der Waals surface area contributed by atoms with Crippen molar-refractivity contribution in [2.75, 3.05) is 37.8 Å². The lowest BCUT2D eigenvalue weighted by molar-refractivity contribution is -0.131. The van der Waals surface area contributed by atoms with Crippen LogP contribution in [0.4, 0.5) is 5.69 Å². The number of likely N-dealkylation sites (tertiary alicyclic amines) is 1. The molecule has 0 unspecified atom stereocenters. The number of hydrogen-bond acceptors (Lipinski definition) is 6. The molecule has 2 aromatic rings. The zero-order valence-corrected chi connectivity index (χ0v) is 19.7. The Kier molecular flexibility index (Phi) is 6.75. The molecule has 34 heavy (non-hydrogen) atoms. The lowest BCUT2D eigenvalue weighted by Crippen LogP contribution is -2.39. The van der Waals surface area contributed by atoms with E-state index in [1.165, 1.54) is 6.07 Å². The summed E-state index contributed by atoms with van der Waals surface area (Å²) >= 11 is 0. The van der Waals surface area contributed by atoms with E-state index in [9.17, 15) is 23.1 Å². The van der Waals surface area contributed by atoms with Gasteiger partial charge in [0.15, 0.2) is 9.84 Å². The van der Waals surface area contributed by atoms with Crippen LogP contribution in [0.15, 0.2) is 47.4 Å². The quantitative estimate of drug-likeness (QED) is 0.601. The predicted octanol–water partition coefficient (Wildman–Crippen LogP) is 1.20. The summed E-state index contributed by atoms with van der Waals surface area (Å²) in [6, 6.07) is 11.8. The highest BCUT2D eigenvalue weighted by atomic mass is 32.2. The summed E-state index contributed by atoms with van der Waals surface area (Å²) in [6.07, 6.45) is 5.93. The summed E-state index contributed by atoms with van der Waals surface area (Å²) in [4.78, 5) is 28.9. The molecule has 2 N–H and O–H groups in total. The number of β-amino-alcohol motifs (C(OH)–C–C–N with tert-alkyl or cyclic N) is 1. The number of terminal acetylenes is 1. The number of carbonyl (C=O) groups is 2. The Balaban J connectivity index is 1.57. The number of hydrogen-bond donors (Lipinski definition) is 2. The van der Waals surface area contributed by atoms with Gasteiger partial charge in [0.25, 0.3) is 0 Å². The molecule has 1 fully saturated rings. The second-order valence-corrected chi connectivity index (χ2v) is 10.8. The molecule has 0 bridgehead atoms. The topological polar surface area (TPSA) is 107 Å². The van der Waals surface area contributed by atoms with Gasteiger partial charge in [-0.2, -0.15) is 0 Å². The Labute approximate surface area is 199 Å². The van der Waals surface area contributed by atoms with E-state index in [1.54, 1.807) is 24.1 Å². The number of carbonyl (C=O) groups excluding carboxylic acids is 2. The van der Waals surface area contributed by atoms with E-state index in [0.29, 0.717) is 25.1 Å². The minimum Gasteiger partial charge on any atom is -0.392 e. The maximum atomic E-state index is 13.3. The van der Waals surface area contributed by atoms with E-state index in [2.05, 4.69) is 16.1 Å². The number of sulfone groups is 1. The van der Waals surface area contributed by atoms with Gasteiger partial charge >= 0.3 is 0 Å². The average molecular weight is 482 g/mol. The minimum absolute atomic E-state index is 0.0354. The van der Waals surface area contributed by atoms with Gasteiger partial charge in [-0.05, 0) is 41.8 Å². The minimum atomic E-state index is -3.68. The van der Waals surface area contributed by atoms with Gasteiger partial charge in [-0.15, -0.1) is 6.42 Å². The molecule has 4 rings (SSSR count). The first-order chi connectivity index (χ1) is 16.2. The molecule has 2 aliphatic heterocycles. The maximum Gasteiger partial charge on any atom is 0.239 e. The first kappa shape index (κ1) is 24.0. The molecule has 1 saturated heterocycles. The van der Waals surface area contributed by atoms with Crippen molar-refractivity contribution in [3.8, 4) is 12.3 Å². The monoisotopic (exact) mass is 481 g/mol. The average Bonchev–Trinajstić information content (AvgIpc) is 3.20. The van der Waals surface area contributed by atoms with Crippen molar-refractivity contribution in [1.82, 2.24) is 9.80 Å². The third kappa shape index (κ3) is 5.14. The number of aliphatic hydroxyl groups is 1. The van der Waals surface area contributed by atoms with Crippen LogP contribution in [-0.4, -0.2) is 73.7 Å². The van der Waals surface area contributed by atoms with Crippen LogP contribution in [0.3, 0.4) is 0 Å². The molecule has 2 atom stereocenters. The van der Waals surface area contributed by atoms with Crippen molar-refractivity contribution >= 4 is 27.3 Å². The van der Waals surface area contributed by atoms with Crippen molar-refractivity contribution in [1.29, 1.82) is 0 Å². The van der Waals surface area contributed by atoms with Gasteiger partial charge in [-0.3, -0.25) is 14.5 Å². The van der Waals surface area contributed by atoms with Crippen molar-refractivity contribution in [3.63, 3.8) is 0 Å². The van der Waals surface area contributed by atoms with Crippen LogP contribution >= 0.6 is 0 Å². The number of likely N-dealkylation sites (N-methyl/N-ethyl adjacent to an activating group) is 1. The normalized spacial score (nSPS) is 20.1. The van der Waals surface area contributed by atoms with Gasteiger partial charge in [0.1, 0.15) is 5.75 Å². The molecule has 178 valence electrons. The second-order valence-electron chi connectivity index (χ2n) is 8.81. The standard InChI is InChI=1S/C25H27N3O5S/c1-3-17-5-4-6-19(11-17)22(15-28-10-9-20(29)14-28)27(2)25(31)13-18-7-8-23-21(12-18)26-24(30)16-34(23,32)33/h1,4-8,11-12,20,22,29H,9-10,13-16H2,2H3,(H,26,30)/t20-,22+/m0/s1. The number of benzene rings is 2. The third-order valence-corrected chi connectivity index (χ3v) is 7.98. The van der Waals surface area contributed by atoms with E-state index < -0.39 is 21.5 Å². The van der Waals surface area contributed by atoms with Crippen molar-refractivity contribution in [2.24, 2.45) is 0 Å². The first-order valence-electron chi connectivity index (χ1n) is 11.0. The molecule has 0 radical (unpaired) electrons. The fourth-order valence-corrected chi connectivity index (χ4v) is 5.77. The summed E-state index contributed by atoms with van der Waals surface area (Å²) in [5.74, 6) is 1.30. The number of rotatable bonds is 6. The van der Waals surface area contributed by atoms with Crippen LogP contribution < -0.4 is 5.32 Å². The molecule has 0 saturated carbocycles. The van der Waals surface area contributed by atoms with E-state index in [0.717, 1.165) is 17.7 Å². The molecule has 0 spiro atoms. The maximum absolute atomic E-state index is 13.3. The predicted molar refractivity (Wildman–Crippen MR) is 128 cm³/mol. The number of nitrogens with zero attached hydrogens (tertiary/aromatic N) is 2. The number of fused-ring (bicyclic) bond motifs is 1. The largest absolute Gasteiger partial charge is 0.392 e. The SMILES string of the molecule is C#Cc1cccc([C@@H](CN2CC[C@H](O)C2)N(C)C(=O)Cc2ccc3c(c2)NC(=O)CS3(=O)=O)c1. The molecule has 2 amide bonds. The van der Waals surface area contributed by atoms with Crippen LogP contribution in [0, 0.1) is 12.3 Å². The molecule has 0 aliphatic carbocycles. The Hall–Kier alpha value is -3.19. The van der Waals surface area contributed by atoms with Gasteiger partial charge in [0.05, 0.1) is 29.1 Å². The lowest BCUT2D eigenvalue weighted by atomic mass is 10.0. The lowest BCUT2D eigenvalue weighted by Gasteiger charge is -2.32. The third-order valence-electron chi connectivity index (χ3n) is 6.31. The summed E-state index contributed by atoms with van der Waals surface area (Å²) in [6.45, 7) is 1.84. The molecule has 2 heterocycles. The van der Waals surface area contributed by atoms with Crippen LogP contribution in [0.25, 0.3) is 0 Å². The zero-order valence-electron chi connectivity index (χ0n) is 18.9. The van der Waals surface area contributed by atoms with E-state index in [-0.39, 0.29) is 35.1 Å². The van der Waals surface area contributed by atoms with Gasteiger partial charge in [-0.1, -0.05) is 24.1 Å². The Morgan fingerprint density at radius 2 is 2.12 bits per heavy atom. The highest BCUT2D eigenvalue weighted by Gasteiger charge is 2.30. The zero-order chi connectivity index (χ0) is 24.5. The number of nitrogens with one attached hydrogen (secondary N) is 1. The summed E-state index contributed by atoms with van der Waals surface area (Å²) in [5, 5.41) is 12.5. The molecule has 0 aromatic heterocycles. The van der Waals surface area contributed by atoms with Gasteiger partial charge in [-0.25, -0.2) is 8.42 Å². The molecule has 8 nitrogen and oxygen atoms in total.